The summed E-state index contributed by atoms with van der Waals surface area (Å²) < 4.78 is 39.9. The second-order valence-corrected chi connectivity index (χ2v) is 5.13. The third kappa shape index (κ3) is 4.77. The maximum atomic E-state index is 12.4. The largest absolute Gasteiger partial charge is 0.497 e. The van der Waals surface area contributed by atoms with Gasteiger partial charge in [0.15, 0.2) is 0 Å². The first-order valence-corrected chi connectivity index (χ1v) is 7.28. The van der Waals surface area contributed by atoms with E-state index >= 15 is 0 Å². The van der Waals surface area contributed by atoms with Gasteiger partial charge in [0.25, 0.3) is 0 Å². The van der Waals surface area contributed by atoms with Crippen molar-refractivity contribution < 1.29 is 27.8 Å². The Morgan fingerprint density at radius 2 is 2.26 bits per heavy atom. The molecule has 3 N–H and O–H groups in total. The van der Waals surface area contributed by atoms with Crippen molar-refractivity contribution in [3.63, 3.8) is 0 Å². The third-order valence-electron chi connectivity index (χ3n) is 3.60. The van der Waals surface area contributed by atoms with Crippen molar-refractivity contribution in [2.24, 2.45) is 5.73 Å². The fourth-order valence-electron chi connectivity index (χ4n) is 2.40. The molecule has 1 heterocycles. The van der Waals surface area contributed by atoms with Gasteiger partial charge in [-0.1, -0.05) is 0 Å². The van der Waals surface area contributed by atoms with Crippen molar-refractivity contribution >= 4 is 5.91 Å². The minimum absolute atomic E-state index is 0.00623. The van der Waals surface area contributed by atoms with Gasteiger partial charge in [0.1, 0.15) is 17.6 Å². The van der Waals surface area contributed by atoms with Crippen LogP contribution in [0, 0.1) is 0 Å². The van der Waals surface area contributed by atoms with Gasteiger partial charge >= 0.3 is 6.61 Å². The van der Waals surface area contributed by atoms with Crippen LogP contribution >= 0.6 is 0 Å². The van der Waals surface area contributed by atoms with Crippen molar-refractivity contribution in [2.75, 3.05) is 13.7 Å². The van der Waals surface area contributed by atoms with Gasteiger partial charge in [0.05, 0.1) is 13.2 Å². The van der Waals surface area contributed by atoms with Crippen molar-refractivity contribution in [1.82, 2.24) is 5.32 Å². The summed E-state index contributed by atoms with van der Waals surface area (Å²) in [5, 5.41) is 2.67. The van der Waals surface area contributed by atoms with Crippen LogP contribution in [-0.4, -0.2) is 38.4 Å². The molecule has 0 bridgehead atoms. The Labute approximate surface area is 132 Å². The van der Waals surface area contributed by atoms with E-state index in [9.17, 15) is 13.6 Å². The summed E-state index contributed by atoms with van der Waals surface area (Å²) in [6.45, 7) is -2.54. The van der Waals surface area contributed by atoms with Crippen LogP contribution in [0.4, 0.5) is 8.78 Å². The van der Waals surface area contributed by atoms with Gasteiger partial charge < -0.3 is 25.3 Å². The number of benzene rings is 1. The lowest BCUT2D eigenvalue weighted by Gasteiger charge is -2.15. The Bertz CT molecular complexity index is 542. The fourth-order valence-corrected chi connectivity index (χ4v) is 2.40. The number of alkyl halides is 2. The zero-order valence-corrected chi connectivity index (χ0v) is 12.8. The molecule has 0 spiro atoms. The number of ether oxygens (including phenoxy) is 3. The molecule has 1 aromatic rings. The van der Waals surface area contributed by atoms with Gasteiger partial charge in [-0.3, -0.25) is 4.79 Å². The first kappa shape index (κ1) is 17.4. The van der Waals surface area contributed by atoms with E-state index in [2.05, 4.69) is 10.1 Å². The molecule has 2 rings (SSSR count). The monoisotopic (exact) mass is 330 g/mol. The lowest BCUT2D eigenvalue weighted by molar-refractivity contribution is -0.132. The van der Waals surface area contributed by atoms with Gasteiger partial charge in [0, 0.05) is 18.7 Å². The Hall–Kier alpha value is -1.93. The molecule has 1 aromatic carbocycles. The Morgan fingerprint density at radius 1 is 1.48 bits per heavy atom. The highest BCUT2D eigenvalue weighted by molar-refractivity contribution is 5.81. The van der Waals surface area contributed by atoms with E-state index < -0.39 is 12.7 Å². The van der Waals surface area contributed by atoms with Gasteiger partial charge in [-0.05, 0) is 31.0 Å². The molecule has 8 heteroatoms. The topological polar surface area (TPSA) is 82.8 Å². The Balaban J connectivity index is 1.99. The van der Waals surface area contributed by atoms with Crippen molar-refractivity contribution in [3.8, 4) is 11.5 Å². The Morgan fingerprint density at radius 3 is 2.87 bits per heavy atom. The van der Waals surface area contributed by atoms with Crippen LogP contribution < -0.4 is 20.5 Å². The van der Waals surface area contributed by atoms with Gasteiger partial charge in [-0.15, -0.1) is 0 Å². The van der Waals surface area contributed by atoms with Crippen molar-refractivity contribution in [3.05, 3.63) is 23.8 Å². The summed E-state index contributed by atoms with van der Waals surface area (Å²) in [6.07, 6.45) is 0.647. The second-order valence-electron chi connectivity index (χ2n) is 5.13. The summed E-state index contributed by atoms with van der Waals surface area (Å²) in [6, 6.07) is 4.42. The zero-order chi connectivity index (χ0) is 16.8. The van der Waals surface area contributed by atoms with Gasteiger partial charge in [-0.25, -0.2) is 0 Å². The Kier molecular flexibility index (Phi) is 6.12. The number of rotatable bonds is 7. The molecule has 0 radical (unpaired) electrons. The normalized spacial score (nSPS) is 20.6. The van der Waals surface area contributed by atoms with Crippen LogP contribution in [0.25, 0.3) is 0 Å². The summed E-state index contributed by atoms with van der Waals surface area (Å²) in [5.41, 5.74) is 5.90. The summed E-state index contributed by atoms with van der Waals surface area (Å²) in [4.78, 5) is 12.1. The summed E-state index contributed by atoms with van der Waals surface area (Å²) in [5.74, 6) is 0.177. The minimum Gasteiger partial charge on any atom is -0.497 e. The highest BCUT2D eigenvalue weighted by atomic mass is 19.3. The van der Waals surface area contributed by atoms with Gasteiger partial charge in [0.2, 0.25) is 5.91 Å². The molecule has 0 unspecified atom stereocenters. The summed E-state index contributed by atoms with van der Waals surface area (Å²) in [7, 11) is 1.46. The first-order valence-electron chi connectivity index (χ1n) is 7.28. The number of hydrogen-bond donors (Lipinski definition) is 2. The number of nitrogens with two attached hydrogens (primary N) is 1. The van der Waals surface area contributed by atoms with E-state index in [4.69, 9.17) is 15.2 Å². The molecule has 0 saturated carbocycles. The van der Waals surface area contributed by atoms with Crippen molar-refractivity contribution in [1.29, 1.82) is 0 Å². The number of carbonyl (C=O) groups is 1. The molecule has 2 atom stereocenters. The molecule has 1 saturated heterocycles. The molecule has 0 aromatic heterocycles. The van der Waals surface area contributed by atoms with E-state index in [1.165, 1.54) is 25.3 Å². The molecule has 1 aliphatic heterocycles. The fraction of sp³-hybridized carbons (Fsp3) is 0.533. The smallest absolute Gasteiger partial charge is 0.387 e. The van der Waals surface area contributed by atoms with Crippen LogP contribution in [0.3, 0.4) is 0 Å². The number of carbonyl (C=O) groups excluding carboxylic acids is 1. The molecular weight excluding hydrogens is 310 g/mol. The maximum absolute atomic E-state index is 12.4. The quantitative estimate of drug-likeness (QED) is 0.790. The molecule has 1 fully saturated rings. The van der Waals surface area contributed by atoms with Crippen LogP contribution in [0.15, 0.2) is 18.2 Å². The number of amides is 1. The lowest BCUT2D eigenvalue weighted by Crippen LogP contribution is -2.35. The van der Waals surface area contributed by atoms with Crippen LogP contribution in [0.2, 0.25) is 0 Å². The average molecular weight is 330 g/mol. The minimum atomic E-state index is -2.94. The standard InChI is InChI=1S/C15H20F2N2O4/c1-21-10-2-4-12(23-15(16)17)9(6-10)8-19-14(20)13-5-3-11(7-18)22-13/h2,4,6,11,13,15H,3,5,7-8,18H2,1H3,(H,19,20)/t11-,13+/m1/s1. The molecule has 23 heavy (non-hydrogen) atoms. The van der Waals surface area contributed by atoms with E-state index in [1.807, 2.05) is 0 Å². The molecule has 6 nitrogen and oxygen atoms in total. The SMILES string of the molecule is COc1ccc(OC(F)F)c(CNC(=O)[C@@H]2CC[C@H](CN)O2)c1. The number of hydrogen-bond acceptors (Lipinski definition) is 5. The zero-order valence-electron chi connectivity index (χ0n) is 12.8. The number of nitrogens with one attached hydrogen (secondary N) is 1. The third-order valence-corrected chi connectivity index (χ3v) is 3.60. The predicted octanol–water partition coefficient (Wildman–Crippen LogP) is 1.42. The highest BCUT2D eigenvalue weighted by Gasteiger charge is 2.29. The second kappa shape index (κ2) is 8.07. The molecule has 0 aliphatic carbocycles. The van der Waals surface area contributed by atoms with Crippen LogP contribution in [0.1, 0.15) is 18.4 Å². The number of halogens is 2. The van der Waals surface area contributed by atoms with Crippen LogP contribution in [0.5, 0.6) is 11.5 Å². The van der Waals surface area contributed by atoms with E-state index in [0.717, 1.165) is 6.42 Å². The molecular formula is C15H20F2N2O4. The van der Waals surface area contributed by atoms with E-state index in [-0.39, 0.29) is 24.3 Å². The average Bonchev–Trinajstić information content (AvgIpc) is 3.02. The highest BCUT2D eigenvalue weighted by Crippen LogP contribution is 2.26. The maximum Gasteiger partial charge on any atom is 0.387 e. The lowest BCUT2D eigenvalue weighted by atomic mass is 10.1. The van der Waals surface area contributed by atoms with Gasteiger partial charge in [-0.2, -0.15) is 8.78 Å². The molecule has 1 aliphatic rings. The number of methoxy groups -OCH3 is 1. The predicted molar refractivity (Wildman–Crippen MR) is 78.4 cm³/mol. The van der Waals surface area contributed by atoms with Crippen LogP contribution in [-0.2, 0) is 16.1 Å². The first-order chi connectivity index (χ1) is 11.0. The summed E-state index contributed by atoms with van der Waals surface area (Å²) >= 11 is 0. The van der Waals surface area contributed by atoms with E-state index in [0.29, 0.717) is 24.3 Å². The van der Waals surface area contributed by atoms with E-state index in [1.54, 1.807) is 0 Å². The molecule has 1 amide bonds. The van der Waals surface area contributed by atoms with Crippen molar-refractivity contribution in [2.45, 2.75) is 38.2 Å². The molecule has 128 valence electrons.